The predicted molar refractivity (Wildman–Crippen MR) is 46.8 cm³/mol. The molecule has 0 aliphatic carbocycles. The first-order valence-corrected chi connectivity index (χ1v) is 3.80. The van der Waals surface area contributed by atoms with Gasteiger partial charge in [0.2, 0.25) is 0 Å². The van der Waals surface area contributed by atoms with Crippen molar-refractivity contribution in [1.29, 1.82) is 5.26 Å². The summed E-state index contributed by atoms with van der Waals surface area (Å²) in [5, 5.41) is 8.53. The number of hydrogen-bond donors (Lipinski definition) is 0. The van der Waals surface area contributed by atoms with Gasteiger partial charge in [0.1, 0.15) is 0 Å². The minimum atomic E-state index is 0.624. The Hall–Kier alpha value is -1.07. The third-order valence-corrected chi connectivity index (χ3v) is 1.98. The summed E-state index contributed by atoms with van der Waals surface area (Å²) in [6.07, 6.45) is 2.72. The van der Waals surface area contributed by atoms with E-state index in [-0.39, 0.29) is 0 Å². The van der Waals surface area contributed by atoms with Crippen molar-refractivity contribution >= 4 is 15.9 Å². The van der Waals surface area contributed by atoms with Crippen LogP contribution in [0.15, 0.2) is 29.3 Å². The fourth-order valence-electron chi connectivity index (χ4n) is 0.730. The summed E-state index contributed by atoms with van der Waals surface area (Å²) >= 11 is 3.31. The Bertz CT molecular complexity index is 323. The molecule has 1 nitrogen and oxygen atoms in total. The van der Waals surface area contributed by atoms with Gasteiger partial charge in [-0.25, -0.2) is 0 Å². The minimum absolute atomic E-state index is 0.624. The molecule has 0 fully saturated rings. The van der Waals surface area contributed by atoms with Crippen LogP contribution < -0.4 is 0 Å². The van der Waals surface area contributed by atoms with Gasteiger partial charge in [0.15, 0.2) is 0 Å². The molecule has 0 saturated carbocycles. The average molecular weight is 207 g/mol. The molecule has 0 saturated heterocycles. The molecule has 0 atom stereocenters. The molecule has 0 spiro atoms. The van der Waals surface area contributed by atoms with Crippen LogP contribution in [0.1, 0.15) is 11.1 Å². The summed E-state index contributed by atoms with van der Waals surface area (Å²) in [4.78, 5) is 0. The van der Waals surface area contributed by atoms with Gasteiger partial charge in [0, 0.05) is 4.47 Å². The maximum atomic E-state index is 8.53. The standard InChI is InChI=1S/C9H5BrN/c1-2-8-5-7(6-11)3-4-9(8)10/h3-5H,1H2. The van der Waals surface area contributed by atoms with Crippen molar-refractivity contribution in [3.05, 3.63) is 46.5 Å². The Labute approximate surface area is 74.1 Å². The largest absolute Gasteiger partial charge is 0.192 e. The number of rotatable bonds is 1. The van der Waals surface area contributed by atoms with Crippen molar-refractivity contribution in [2.45, 2.75) is 0 Å². The van der Waals surface area contributed by atoms with Gasteiger partial charge in [0.25, 0.3) is 0 Å². The number of halogens is 1. The third-order valence-electron chi connectivity index (χ3n) is 1.29. The molecular formula is C9H5BrN. The van der Waals surface area contributed by atoms with Crippen LogP contribution >= 0.6 is 15.9 Å². The van der Waals surface area contributed by atoms with Crippen molar-refractivity contribution in [3.63, 3.8) is 0 Å². The summed E-state index contributed by atoms with van der Waals surface area (Å²) < 4.78 is 0.909. The Morgan fingerprint density at radius 2 is 2.18 bits per heavy atom. The van der Waals surface area contributed by atoms with E-state index in [1.54, 1.807) is 12.1 Å². The molecule has 0 bridgehead atoms. The summed E-state index contributed by atoms with van der Waals surface area (Å²) in [7, 11) is 0. The van der Waals surface area contributed by atoms with Gasteiger partial charge >= 0.3 is 0 Å². The van der Waals surface area contributed by atoms with E-state index in [1.165, 1.54) is 0 Å². The highest BCUT2D eigenvalue weighted by Gasteiger charge is 1.96. The molecule has 1 aromatic rings. The molecule has 11 heavy (non-hydrogen) atoms. The molecule has 1 radical (unpaired) electrons. The van der Waals surface area contributed by atoms with Gasteiger partial charge < -0.3 is 0 Å². The highest BCUT2D eigenvalue weighted by molar-refractivity contribution is 9.10. The van der Waals surface area contributed by atoms with Crippen molar-refractivity contribution in [3.8, 4) is 6.07 Å². The number of nitriles is 1. The first kappa shape index (κ1) is 8.03. The van der Waals surface area contributed by atoms with Gasteiger partial charge in [0.05, 0.1) is 11.6 Å². The van der Waals surface area contributed by atoms with E-state index in [0.717, 1.165) is 10.0 Å². The lowest BCUT2D eigenvalue weighted by Gasteiger charge is -1.96. The molecule has 2 heteroatoms. The molecule has 0 N–H and O–H groups in total. The van der Waals surface area contributed by atoms with E-state index in [1.807, 2.05) is 12.1 Å². The second-order valence-corrected chi connectivity index (χ2v) is 2.84. The molecule has 1 aromatic carbocycles. The Kier molecular flexibility index (Phi) is 2.45. The van der Waals surface area contributed by atoms with Crippen LogP contribution in [0.3, 0.4) is 0 Å². The van der Waals surface area contributed by atoms with Crippen LogP contribution in [0.25, 0.3) is 0 Å². The zero-order valence-corrected chi connectivity index (χ0v) is 7.35. The van der Waals surface area contributed by atoms with Gasteiger partial charge in [-0.15, -0.1) is 0 Å². The highest BCUT2D eigenvalue weighted by atomic mass is 79.9. The van der Waals surface area contributed by atoms with E-state index < -0.39 is 0 Å². The maximum absolute atomic E-state index is 8.53. The molecule has 0 unspecified atom stereocenters. The van der Waals surface area contributed by atoms with E-state index in [9.17, 15) is 0 Å². The lowest BCUT2D eigenvalue weighted by Crippen LogP contribution is -1.79. The van der Waals surface area contributed by atoms with Gasteiger partial charge in [-0.3, -0.25) is 0 Å². The number of nitrogens with zero attached hydrogens (tertiary/aromatic N) is 1. The second kappa shape index (κ2) is 3.36. The highest BCUT2D eigenvalue weighted by Crippen LogP contribution is 2.17. The van der Waals surface area contributed by atoms with Crippen molar-refractivity contribution in [2.75, 3.05) is 0 Å². The zero-order chi connectivity index (χ0) is 8.27. The van der Waals surface area contributed by atoms with Gasteiger partial charge in [-0.2, -0.15) is 5.26 Å². The Morgan fingerprint density at radius 3 is 2.73 bits per heavy atom. The van der Waals surface area contributed by atoms with Gasteiger partial charge in [-0.1, -0.05) is 22.5 Å². The van der Waals surface area contributed by atoms with Crippen LogP contribution in [-0.2, 0) is 0 Å². The zero-order valence-electron chi connectivity index (χ0n) is 5.76. The van der Waals surface area contributed by atoms with E-state index >= 15 is 0 Å². The lowest BCUT2D eigenvalue weighted by molar-refractivity contribution is 1.45. The SMILES string of the molecule is C=[C]c1cc(C#N)ccc1Br. The predicted octanol–water partition coefficient (Wildman–Crippen LogP) is 2.66. The quantitative estimate of drug-likeness (QED) is 0.694. The fraction of sp³-hybridized carbons (Fsp3) is 0. The van der Waals surface area contributed by atoms with E-state index in [4.69, 9.17) is 5.26 Å². The number of benzene rings is 1. The first-order valence-electron chi connectivity index (χ1n) is 3.00. The van der Waals surface area contributed by atoms with E-state index in [2.05, 4.69) is 28.6 Å². The average Bonchev–Trinajstić information content (AvgIpc) is 2.05. The molecule has 0 aromatic heterocycles. The third kappa shape index (κ3) is 1.69. The smallest absolute Gasteiger partial charge is 0.0991 e. The summed E-state index contributed by atoms with van der Waals surface area (Å²) in [6.45, 7) is 3.50. The second-order valence-electron chi connectivity index (χ2n) is 1.98. The van der Waals surface area contributed by atoms with E-state index in [0.29, 0.717) is 5.56 Å². The van der Waals surface area contributed by atoms with Crippen LogP contribution in [0.5, 0.6) is 0 Å². The maximum Gasteiger partial charge on any atom is 0.0991 e. The molecule has 53 valence electrons. The van der Waals surface area contributed by atoms with Crippen molar-refractivity contribution < 1.29 is 0 Å². The summed E-state index contributed by atoms with van der Waals surface area (Å²) in [5.74, 6) is 0. The van der Waals surface area contributed by atoms with Crippen LogP contribution in [-0.4, -0.2) is 0 Å². The van der Waals surface area contributed by atoms with Crippen LogP contribution in [0.4, 0.5) is 0 Å². The Morgan fingerprint density at radius 1 is 1.45 bits per heavy atom. The normalized spacial score (nSPS) is 8.73. The summed E-state index contributed by atoms with van der Waals surface area (Å²) in [6, 6.07) is 7.33. The summed E-state index contributed by atoms with van der Waals surface area (Å²) in [5.41, 5.74) is 1.45. The monoisotopic (exact) mass is 206 g/mol. The molecule has 0 amide bonds. The van der Waals surface area contributed by atoms with Gasteiger partial charge in [-0.05, 0) is 29.8 Å². The van der Waals surface area contributed by atoms with Crippen LogP contribution in [0, 0.1) is 17.4 Å². The molecule has 0 heterocycles. The van der Waals surface area contributed by atoms with Crippen molar-refractivity contribution in [1.82, 2.24) is 0 Å². The van der Waals surface area contributed by atoms with Crippen molar-refractivity contribution in [2.24, 2.45) is 0 Å². The lowest BCUT2D eigenvalue weighted by atomic mass is 10.1. The molecule has 0 aliphatic rings. The van der Waals surface area contributed by atoms with Crippen LogP contribution in [0.2, 0.25) is 0 Å². The molecular weight excluding hydrogens is 202 g/mol. The Balaban J connectivity index is 3.25. The fourth-order valence-corrected chi connectivity index (χ4v) is 1.12. The molecule has 1 rings (SSSR count). The molecule has 0 aliphatic heterocycles. The first-order chi connectivity index (χ1) is 5.27. The topological polar surface area (TPSA) is 23.8 Å². The number of hydrogen-bond acceptors (Lipinski definition) is 1. The minimum Gasteiger partial charge on any atom is -0.192 e.